The van der Waals surface area contributed by atoms with Gasteiger partial charge in [-0.05, 0) is 50.4 Å². The highest BCUT2D eigenvalue weighted by molar-refractivity contribution is 6.05. The van der Waals surface area contributed by atoms with Crippen LogP contribution in [0, 0.1) is 5.92 Å². The second-order valence-corrected chi connectivity index (χ2v) is 6.30. The summed E-state index contributed by atoms with van der Waals surface area (Å²) >= 11 is 0. The molecule has 0 aromatic heterocycles. The maximum absolute atomic E-state index is 11.9. The fourth-order valence-corrected chi connectivity index (χ4v) is 2.67. The Kier molecular flexibility index (Phi) is 3.68. The maximum Gasteiger partial charge on any atom is 0.234 e. The van der Waals surface area contributed by atoms with Gasteiger partial charge in [-0.3, -0.25) is 4.79 Å². The van der Waals surface area contributed by atoms with E-state index in [0.717, 1.165) is 17.7 Å². The zero-order valence-corrected chi connectivity index (χ0v) is 12.5. The van der Waals surface area contributed by atoms with E-state index in [1.807, 2.05) is 27.0 Å². The molecule has 1 amide bonds. The first-order chi connectivity index (χ1) is 8.86. The molecule has 1 aromatic rings. The minimum atomic E-state index is -0.418. The van der Waals surface area contributed by atoms with Crippen LogP contribution in [0.3, 0.4) is 0 Å². The molecular weight excluding hydrogens is 236 g/mol. The van der Waals surface area contributed by atoms with Crippen molar-refractivity contribution in [1.29, 1.82) is 0 Å². The topological polar surface area (TPSA) is 41.1 Å². The summed E-state index contributed by atoms with van der Waals surface area (Å²) in [6.07, 6.45) is 0.992. The van der Waals surface area contributed by atoms with Crippen molar-refractivity contribution >= 4 is 11.6 Å². The Morgan fingerprint density at radius 3 is 2.58 bits per heavy atom. The number of carbonyl (C=O) groups excluding carboxylic acids is 1. The predicted octanol–water partition coefficient (Wildman–Crippen LogP) is 2.70. The van der Waals surface area contributed by atoms with Gasteiger partial charge >= 0.3 is 0 Å². The van der Waals surface area contributed by atoms with Crippen LogP contribution in [0.5, 0.6) is 0 Å². The molecule has 0 radical (unpaired) electrons. The van der Waals surface area contributed by atoms with Gasteiger partial charge in [-0.25, -0.2) is 0 Å². The highest BCUT2D eigenvalue weighted by Gasteiger charge is 2.38. The minimum Gasteiger partial charge on any atom is -0.325 e. The number of carbonyl (C=O) groups is 1. The highest BCUT2D eigenvalue weighted by atomic mass is 16.2. The fourth-order valence-electron chi connectivity index (χ4n) is 2.67. The molecule has 1 unspecified atom stereocenters. The smallest absolute Gasteiger partial charge is 0.234 e. The second kappa shape index (κ2) is 4.97. The lowest BCUT2D eigenvalue weighted by Crippen LogP contribution is -2.32. The molecule has 2 rings (SSSR count). The summed E-state index contributed by atoms with van der Waals surface area (Å²) in [5.41, 5.74) is 2.95. The van der Waals surface area contributed by atoms with Crippen molar-refractivity contribution in [3.63, 3.8) is 0 Å². The van der Waals surface area contributed by atoms with E-state index in [9.17, 15) is 4.79 Å². The first-order valence-electron chi connectivity index (χ1n) is 6.98. The molecule has 0 saturated carbocycles. The first-order valence-corrected chi connectivity index (χ1v) is 6.98. The second-order valence-electron chi connectivity index (χ2n) is 6.30. The minimum absolute atomic E-state index is 0.0914. The molecular formula is C16H24N2O. The Morgan fingerprint density at radius 1 is 1.32 bits per heavy atom. The van der Waals surface area contributed by atoms with E-state index in [4.69, 9.17) is 0 Å². The molecule has 1 aliphatic heterocycles. The van der Waals surface area contributed by atoms with Gasteiger partial charge in [0.15, 0.2) is 0 Å². The number of hydrogen-bond donors (Lipinski definition) is 2. The normalized spacial score (nSPS) is 18.3. The molecule has 0 spiro atoms. The average Bonchev–Trinajstić information content (AvgIpc) is 2.57. The number of fused-ring (bicyclic) bond motifs is 1. The maximum atomic E-state index is 11.9. The number of benzene rings is 1. The van der Waals surface area contributed by atoms with Crippen molar-refractivity contribution in [3.05, 3.63) is 29.3 Å². The lowest BCUT2D eigenvalue weighted by Gasteiger charge is -2.21. The van der Waals surface area contributed by atoms with Gasteiger partial charge in [-0.15, -0.1) is 0 Å². The van der Waals surface area contributed by atoms with Crippen molar-refractivity contribution in [2.45, 2.75) is 45.6 Å². The van der Waals surface area contributed by atoms with E-state index in [1.54, 1.807) is 0 Å². The third-order valence-corrected chi connectivity index (χ3v) is 4.20. The van der Waals surface area contributed by atoms with Gasteiger partial charge in [-0.1, -0.05) is 26.0 Å². The predicted molar refractivity (Wildman–Crippen MR) is 79.5 cm³/mol. The Labute approximate surface area is 115 Å². The summed E-state index contributed by atoms with van der Waals surface area (Å²) < 4.78 is 0. The SMILES string of the molecule is CNC(Cc1ccc2c(c1)C(C)(C)C(=O)N2)C(C)C. The molecule has 1 heterocycles. The number of nitrogens with one attached hydrogen (secondary N) is 2. The largest absolute Gasteiger partial charge is 0.325 e. The third-order valence-electron chi connectivity index (χ3n) is 4.20. The van der Waals surface area contributed by atoms with Gasteiger partial charge in [-0.2, -0.15) is 0 Å². The number of likely N-dealkylation sites (N-methyl/N-ethyl adjacent to an activating group) is 1. The molecule has 0 saturated heterocycles. The standard InChI is InChI=1S/C16H24N2O/c1-10(2)14(17-5)9-11-6-7-13-12(8-11)16(3,4)15(19)18-13/h6-8,10,14,17H,9H2,1-5H3,(H,18,19). The monoisotopic (exact) mass is 260 g/mol. The van der Waals surface area contributed by atoms with E-state index < -0.39 is 5.41 Å². The summed E-state index contributed by atoms with van der Waals surface area (Å²) in [6.45, 7) is 8.42. The average molecular weight is 260 g/mol. The summed E-state index contributed by atoms with van der Waals surface area (Å²) in [7, 11) is 2.01. The van der Waals surface area contributed by atoms with E-state index in [1.165, 1.54) is 5.56 Å². The van der Waals surface area contributed by atoms with Crippen LogP contribution in [0.2, 0.25) is 0 Å². The molecule has 1 atom stereocenters. The van der Waals surface area contributed by atoms with E-state index >= 15 is 0 Å². The first kappa shape index (κ1) is 14.1. The Bertz CT molecular complexity index is 492. The molecule has 1 aromatic carbocycles. The number of anilines is 1. The van der Waals surface area contributed by atoms with Gasteiger partial charge in [0.05, 0.1) is 5.41 Å². The van der Waals surface area contributed by atoms with Crippen molar-refractivity contribution in [1.82, 2.24) is 5.32 Å². The van der Waals surface area contributed by atoms with Gasteiger partial charge in [0.2, 0.25) is 5.91 Å². The van der Waals surface area contributed by atoms with Crippen LogP contribution in [0.15, 0.2) is 18.2 Å². The van der Waals surface area contributed by atoms with Crippen molar-refractivity contribution in [3.8, 4) is 0 Å². The zero-order valence-electron chi connectivity index (χ0n) is 12.5. The lowest BCUT2D eigenvalue weighted by atomic mass is 9.84. The summed E-state index contributed by atoms with van der Waals surface area (Å²) in [6, 6.07) is 6.80. The Morgan fingerprint density at radius 2 is 2.00 bits per heavy atom. The van der Waals surface area contributed by atoms with Crippen LogP contribution < -0.4 is 10.6 Å². The van der Waals surface area contributed by atoms with Crippen LogP contribution >= 0.6 is 0 Å². The van der Waals surface area contributed by atoms with Crippen LogP contribution in [0.1, 0.15) is 38.8 Å². The van der Waals surface area contributed by atoms with Crippen LogP contribution in [0.4, 0.5) is 5.69 Å². The molecule has 1 aliphatic rings. The van der Waals surface area contributed by atoms with E-state index in [0.29, 0.717) is 12.0 Å². The van der Waals surface area contributed by atoms with E-state index in [-0.39, 0.29) is 5.91 Å². The molecule has 0 fully saturated rings. The van der Waals surface area contributed by atoms with Crippen molar-refractivity contribution < 1.29 is 4.79 Å². The van der Waals surface area contributed by atoms with Crippen LogP contribution in [-0.2, 0) is 16.6 Å². The third kappa shape index (κ3) is 2.52. The summed E-state index contributed by atoms with van der Waals surface area (Å²) in [5.74, 6) is 0.680. The quantitative estimate of drug-likeness (QED) is 0.874. The van der Waals surface area contributed by atoms with Crippen molar-refractivity contribution in [2.24, 2.45) is 5.92 Å². The molecule has 104 valence electrons. The number of amides is 1. The van der Waals surface area contributed by atoms with Crippen LogP contribution in [0.25, 0.3) is 0 Å². The van der Waals surface area contributed by atoms with Gasteiger partial charge in [0, 0.05) is 11.7 Å². The lowest BCUT2D eigenvalue weighted by molar-refractivity contribution is -0.119. The van der Waals surface area contributed by atoms with Crippen LogP contribution in [-0.4, -0.2) is 19.0 Å². The Balaban J connectivity index is 2.28. The highest BCUT2D eigenvalue weighted by Crippen LogP contribution is 2.37. The van der Waals surface area contributed by atoms with Gasteiger partial charge in [0.25, 0.3) is 0 Å². The van der Waals surface area contributed by atoms with Crippen molar-refractivity contribution in [2.75, 3.05) is 12.4 Å². The molecule has 3 heteroatoms. The molecule has 3 nitrogen and oxygen atoms in total. The number of hydrogen-bond acceptors (Lipinski definition) is 2. The van der Waals surface area contributed by atoms with Gasteiger partial charge in [0.1, 0.15) is 0 Å². The molecule has 0 aliphatic carbocycles. The molecule has 2 N–H and O–H groups in total. The Hall–Kier alpha value is -1.35. The summed E-state index contributed by atoms with van der Waals surface area (Å²) in [4.78, 5) is 11.9. The molecule has 0 bridgehead atoms. The fraction of sp³-hybridized carbons (Fsp3) is 0.562. The van der Waals surface area contributed by atoms with E-state index in [2.05, 4.69) is 36.6 Å². The zero-order chi connectivity index (χ0) is 14.2. The molecule has 19 heavy (non-hydrogen) atoms. The van der Waals surface area contributed by atoms with Gasteiger partial charge < -0.3 is 10.6 Å². The summed E-state index contributed by atoms with van der Waals surface area (Å²) in [5, 5.41) is 6.32. The number of rotatable bonds is 4.